The van der Waals surface area contributed by atoms with E-state index in [2.05, 4.69) is 10.6 Å². The van der Waals surface area contributed by atoms with Gasteiger partial charge in [-0.25, -0.2) is 4.79 Å². The Morgan fingerprint density at radius 3 is 2.63 bits per heavy atom. The van der Waals surface area contributed by atoms with Crippen LogP contribution in [0.1, 0.15) is 19.8 Å². The standard InChI is InChI=1S/C14H22N2O3/c1-11(10-17)4-3-9-15-14(18)16-12-5-7-13(19-2)8-6-12/h5-8,11,17H,3-4,9-10H2,1-2H3,(H2,15,16,18). The van der Waals surface area contributed by atoms with Gasteiger partial charge in [-0.15, -0.1) is 0 Å². The molecule has 0 aliphatic rings. The fraction of sp³-hybridized carbons (Fsp3) is 0.500. The summed E-state index contributed by atoms with van der Waals surface area (Å²) in [4.78, 5) is 11.6. The van der Waals surface area contributed by atoms with E-state index in [1.807, 2.05) is 6.92 Å². The molecule has 5 heteroatoms. The van der Waals surface area contributed by atoms with Gasteiger partial charge in [0.2, 0.25) is 0 Å². The van der Waals surface area contributed by atoms with Crippen LogP contribution in [0.15, 0.2) is 24.3 Å². The van der Waals surface area contributed by atoms with Crippen LogP contribution in [0, 0.1) is 5.92 Å². The first-order valence-electron chi connectivity index (χ1n) is 6.45. The highest BCUT2D eigenvalue weighted by molar-refractivity contribution is 5.89. The van der Waals surface area contributed by atoms with Crippen LogP contribution >= 0.6 is 0 Å². The number of hydrogen-bond acceptors (Lipinski definition) is 3. The molecule has 5 nitrogen and oxygen atoms in total. The Balaban J connectivity index is 2.23. The van der Waals surface area contributed by atoms with Crippen molar-refractivity contribution in [2.75, 3.05) is 25.6 Å². The molecule has 0 saturated carbocycles. The third kappa shape index (κ3) is 6.10. The fourth-order valence-corrected chi connectivity index (χ4v) is 1.59. The van der Waals surface area contributed by atoms with Crippen molar-refractivity contribution in [1.82, 2.24) is 5.32 Å². The summed E-state index contributed by atoms with van der Waals surface area (Å²) in [5.74, 6) is 1.04. The van der Waals surface area contributed by atoms with Crippen LogP contribution in [0.25, 0.3) is 0 Å². The second-order valence-electron chi connectivity index (χ2n) is 4.54. The van der Waals surface area contributed by atoms with E-state index in [-0.39, 0.29) is 18.6 Å². The quantitative estimate of drug-likeness (QED) is 0.663. The molecule has 0 fully saturated rings. The number of aliphatic hydroxyl groups is 1. The van der Waals surface area contributed by atoms with Gasteiger partial charge < -0.3 is 20.5 Å². The van der Waals surface area contributed by atoms with Crippen molar-refractivity contribution >= 4 is 11.7 Å². The van der Waals surface area contributed by atoms with Crippen molar-refractivity contribution in [3.63, 3.8) is 0 Å². The largest absolute Gasteiger partial charge is 0.497 e. The number of ether oxygens (including phenoxy) is 1. The molecule has 19 heavy (non-hydrogen) atoms. The van der Waals surface area contributed by atoms with Crippen LogP contribution in [-0.4, -0.2) is 31.4 Å². The van der Waals surface area contributed by atoms with Gasteiger partial charge >= 0.3 is 6.03 Å². The minimum Gasteiger partial charge on any atom is -0.497 e. The van der Waals surface area contributed by atoms with Gasteiger partial charge in [0.15, 0.2) is 0 Å². The number of rotatable bonds is 7. The second kappa shape index (κ2) is 8.37. The van der Waals surface area contributed by atoms with Crippen molar-refractivity contribution in [3.05, 3.63) is 24.3 Å². The van der Waals surface area contributed by atoms with Crippen LogP contribution < -0.4 is 15.4 Å². The first kappa shape index (κ1) is 15.3. The molecule has 2 amide bonds. The molecule has 0 aromatic heterocycles. The van der Waals surface area contributed by atoms with Crippen LogP contribution in [0.4, 0.5) is 10.5 Å². The normalized spacial score (nSPS) is 11.7. The molecule has 1 aromatic carbocycles. The van der Waals surface area contributed by atoms with Gasteiger partial charge in [0, 0.05) is 18.8 Å². The number of amides is 2. The molecule has 0 bridgehead atoms. The molecular formula is C14H22N2O3. The van der Waals surface area contributed by atoms with Crippen molar-refractivity contribution in [2.24, 2.45) is 5.92 Å². The smallest absolute Gasteiger partial charge is 0.319 e. The van der Waals surface area contributed by atoms with Crippen molar-refractivity contribution in [2.45, 2.75) is 19.8 Å². The summed E-state index contributed by atoms with van der Waals surface area (Å²) in [7, 11) is 1.60. The lowest BCUT2D eigenvalue weighted by Gasteiger charge is -2.10. The first-order chi connectivity index (χ1) is 9.15. The average Bonchev–Trinajstić information content (AvgIpc) is 2.44. The predicted molar refractivity (Wildman–Crippen MR) is 75.5 cm³/mol. The zero-order chi connectivity index (χ0) is 14.1. The predicted octanol–water partition coefficient (Wildman–Crippen LogP) is 2.23. The fourth-order valence-electron chi connectivity index (χ4n) is 1.59. The van der Waals surface area contributed by atoms with Crippen LogP contribution in [0.3, 0.4) is 0 Å². The lowest BCUT2D eigenvalue weighted by Crippen LogP contribution is -2.29. The van der Waals surface area contributed by atoms with E-state index in [9.17, 15) is 4.79 Å². The van der Waals surface area contributed by atoms with Gasteiger partial charge in [-0.2, -0.15) is 0 Å². The maximum atomic E-state index is 11.6. The van der Waals surface area contributed by atoms with Gasteiger partial charge in [0.05, 0.1) is 7.11 Å². The summed E-state index contributed by atoms with van der Waals surface area (Å²) in [5, 5.41) is 14.4. The van der Waals surface area contributed by atoms with E-state index in [4.69, 9.17) is 9.84 Å². The minimum absolute atomic E-state index is 0.193. The molecule has 3 N–H and O–H groups in total. The number of anilines is 1. The number of nitrogens with one attached hydrogen (secondary N) is 2. The number of urea groups is 1. The Kier molecular flexibility index (Phi) is 6.74. The maximum Gasteiger partial charge on any atom is 0.319 e. The SMILES string of the molecule is COc1ccc(NC(=O)NCCCC(C)CO)cc1. The number of carbonyl (C=O) groups is 1. The van der Waals surface area contributed by atoms with E-state index in [1.54, 1.807) is 31.4 Å². The summed E-state index contributed by atoms with van der Waals surface area (Å²) in [5.41, 5.74) is 0.724. The molecule has 0 aliphatic heterocycles. The molecule has 0 heterocycles. The minimum atomic E-state index is -0.221. The highest BCUT2D eigenvalue weighted by atomic mass is 16.5. The van der Waals surface area contributed by atoms with E-state index in [0.29, 0.717) is 6.54 Å². The molecule has 1 aromatic rings. The summed E-state index contributed by atoms with van der Waals surface area (Å²) in [6, 6.07) is 6.93. The molecule has 1 rings (SSSR count). The summed E-state index contributed by atoms with van der Waals surface area (Å²) >= 11 is 0. The Labute approximate surface area is 114 Å². The Morgan fingerprint density at radius 2 is 2.05 bits per heavy atom. The molecule has 0 spiro atoms. The van der Waals surface area contributed by atoms with Crippen molar-refractivity contribution in [3.8, 4) is 5.75 Å². The summed E-state index contributed by atoms with van der Waals surface area (Å²) in [6.45, 7) is 2.78. The topological polar surface area (TPSA) is 70.6 Å². The monoisotopic (exact) mass is 266 g/mol. The Morgan fingerprint density at radius 1 is 1.37 bits per heavy atom. The van der Waals surface area contributed by atoms with Gasteiger partial charge in [-0.3, -0.25) is 0 Å². The molecular weight excluding hydrogens is 244 g/mol. The van der Waals surface area contributed by atoms with Crippen molar-refractivity contribution < 1.29 is 14.6 Å². The lowest BCUT2D eigenvalue weighted by atomic mass is 10.1. The van der Waals surface area contributed by atoms with Crippen LogP contribution in [0.5, 0.6) is 5.75 Å². The molecule has 1 atom stereocenters. The summed E-state index contributed by atoms with van der Waals surface area (Å²) < 4.78 is 5.04. The zero-order valence-corrected chi connectivity index (χ0v) is 11.5. The molecule has 1 unspecified atom stereocenters. The lowest BCUT2D eigenvalue weighted by molar-refractivity contribution is 0.227. The van der Waals surface area contributed by atoms with Crippen LogP contribution in [-0.2, 0) is 0 Å². The first-order valence-corrected chi connectivity index (χ1v) is 6.45. The molecule has 0 radical (unpaired) electrons. The average molecular weight is 266 g/mol. The van der Waals surface area contributed by atoms with Crippen molar-refractivity contribution in [1.29, 1.82) is 0 Å². The number of aliphatic hydroxyl groups excluding tert-OH is 1. The molecule has 0 saturated heterocycles. The number of benzene rings is 1. The number of hydrogen-bond donors (Lipinski definition) is 3. The van der Waals surface area contributed by atoms with E-state index in [1.165, 1.54) is 0 Å². The molecule has 0 aliphatic carbocycles. The van der Waals surface area contributed by atoms with E-state index in [0.717, 1.165) is 24.3 Å². The van der Waals surface area contributed by atoms with Crippen LogP contribution in [0.2, 0.25) is 0 Å². The van der Waals surface area contributed by atoms with E-state index < -0.39 is 0 Å². The number of carbonyl (C=O) groups excluding carboxylic acids is 1. The van der Waals surface area contributed by atoms with E-state index >= 15 is 0 Å². The highest BCUT2D eigenvalue weighted by Gasteiger charge is 2.03. The zero-order valence-electron chi connectivity index (χ0n) is 11.5. The number of methoxy groups -OCH3 is 1. The third-order valence-electron chi connectivity index (χ3n) is 2.82. The Bertz CT molecular complexity index is 379. The van der Waals surface area contributed by atoms with Gasteiger partial charge in [0.25, 0.3) is 0 Å². The Hall–Kier alpha value is -1.75. The third-order valence-corrected chi connectivity index (χ3v) is 2.82. The van der Waals surface area contributed by atoms with Gasteiger partial charge in [-0.1, -0.05) is 6.92 Å². The molecule has 106 valence electrons. The van der Waals surface area contributed by atoms with Gasteiger partial charge in [0.1, 0.15) is 5.75 Å². The maximum absolute atomic E-state index is 11.6. The second-order valence-corrected chi connectivity index (χ2v) is 4.54. The van der Waals surface area contributed by atoms with Gasteiger partial charge in [-0.05, 0) is 43.0 Å². The summed E-state index contributed by atoms with van der Waals surface area (Å²) in [6.07, 6.45) is 1.76. The highest BCUT2D eigenvalue weighted by Crippen LogP contribution is 2.14.